The lowest BCUT2D eigenvalue weighted by molar-refractivity contribution is -0.121. The van der Waals surface area contributed by atoms with Crippen LogP contribution in [-0.4, -0.2) is 13.0 Å². The summed E-state index contributed by atoms with van der Waals surface area (Å²) in [5.74, 6) is 1.76. The molecule has 0 aliphatic heterocycles. The van der Waals surface area contributed by atoms with Crippen LogP contribution in [0.5, 0.6) is 5.75 Å². The Hall–Kier alpha value is -1.51. The molecule has 3 heteroatoms. The van der Waals surface area contributed by atoms with Gasteiger partial charge in [-0.25, -0.2) is 0 Å². The van der Waals surface area contributed by atoms with E-state index < -0.39 is 0 Å². The van der Waals surface area contributed by atoms with E-state index in [-0.39, 0.29) is 5.91 Å². The van der Waals surface area contributed by atoms with Crippen LogP contribution in [0.15, 0.2) is 24.3 Å². The standard InChI is InChI=1S/C16H23NO2/c1-19-15-9-5-4-8-14(15)12-17-16(18)11-10-13-6-2-3-7-13/h4-5,8-9,13H,2-3,6-7,10-12H2,1H3,(H,17,18). The number of nitrogens with one attached hydrogen (secondary N) is 1. The third-order valence-corrected chi connectivity index (χ3v) is 3.92. The Morgan fingerprint density at radius 1 is 1.32 bits per heavy atom. The van der Waals surface area contributed by atoms with E-state index in [1.54, 1.807) is 7.11 Å². The number of amides is 1. The van der Waals surface area contributed by atoms with Crippen LogP contribution in [0.25, 0.3) is 0 Å². The fraction of sp³-hybridized carbons (Fsp3) is 0.562. The first-order chi connectivity index (χ1) is 9.29. The Morgan fingerprint density at radius 3 is 2.79 bits per heavy atom. The molecule has 2 rings (SSSR count). The van der Waals surface area contributed by atoms with Crippen molar-refractivity contribution in [3.05, 3.63) is 29.8 Å². The Balaban J connectivity index is 1.73. The average Bonchev–Trinajstić information content (AvgIpc) is 2.96. The zero-order chi connectivity index (χ0) is 13.5. The van der Waals surface area contributed by atoms with Crippen LogP contribution in [0.2, 0.25) is 0 Å². The van der Waals surface area contributed by atoms with Crippen LogP contribution < -0.4 is 10.1 Å². The van der Waals surface area contributed by atoms with Crippen molar-refractivity contribution < 1.29 is 9.53 Å². The van der Waals surface area contributed by atoms with Crippen LogP contribution in [0.3, 0.4) is 0 Å². The highest BCUT2D eigenvalue weighted by atomic mass is 16.5. The van der Waals surface area contributed by atoms with E-state index in [1.165, 1.54) is 25.7 Å². The second-order valence-electron chi connectivity index (χ2n) is 5.28. The Bertz CT molecular complexity index is 411. The molecule has 1 aliphatic carbocycles. The summed E-state index contributed by atoms with van der Waals surface area (Å²) >= 11 is 0. The molecule has 0 heterocycles. The Labute approximate surface area is 115 Å². The molecule has 1 aliphatic rings. The molecule has 0 unspecified atom stereocenters. The van der Waals surface area contributed by atoms with Gasteiger partial charge in [0.15, 0.2) is 0 Å². The summed E-state index contributed by atoms with van der Waals surface area (Å²) in [6.45, 7) is 0.549. The van der Waals surface area contributed by atoms with Gasteiger partial charge in [-0.3, -0.25) is 4.79 Å². The molecule has 1 aromatic rings. The number of ether oxygens (including phenoxy) is 1. The van der Waals surface area contributed by atoms with Gasteiger partial charge in [0, 0.05) is 18.5 Å². The van der Waals surface area contributed by atoms with Gasteiger partial charge in [0.05, 0.1) is 7.11 Å². The monoisotopic (exact) mass is 261 g/mol. The van der Waals surface area contributed by atoms with E-state index >= 15 is 0 Å². The lowest BCUT2D eigenvalue weighted by Crippen LogP contribution is -2.23. The van der Waals surface area contributed by atoms with Crippen LogP contribution >= 0.6 is 0 Å². The van der Waals surface area contributed by atoms with Crippen molar-refractivity contribution in [2.45, 2.75) is 45.1 Å². The van der Waals surface area contributed by atoms with E-state index in [9.17, 15) is 4.79 Å². The van der Waals surface area contributed by atoms with Crippen molar-refractivity contribution in [1.29, 1.82) is 0 Å². The highest BCUT2D eigenvalue weighted by molar-refractivity contribution is 5.75. The lowest BCUT2D eigenvalue weighted by Gasteiger charge is -2.11. The van der Waals surface area contributed by atoms with Crippen molar-refractivity contribution in [2.75, 3.05) is 7.11 Å². The molecule has 104 valence electrons. The van der Waals surface area contributed by atoms with Crippen LogP contribution in [-0.2, 0) is 11.3 Å². The Morgan fingerprint density at radius 2 is 2.05 bits per heavy atom. The number of carbonyl (C=O) groups is 1. The zero-order valence-electron chi connectivity index (χ0n) is 11.7. The van der Waals surface area contributed by atoms with Crippen LogP contribution in [0.1, 0.15) is 44.1 Å². The molecule has 1 aromatic carbocycles. The van der Waals surface area contributed by atoms with Gasteiger partial charge in [-0.1, -0.05) is 43.9 Å². The quantitative estimate of drug-likeness (QED) is 0.853. The molecule has 0 aromatic heterocycles. The predicted molar refractivity (Wildman–Crippen MR) is 76.0 cm³/mol. The number of carbonyl (C=O) groups excluding carboxylic acids is 1. The minimum absolute atomic E-state index is 0.151. The largest absolute Gasteiger partial charge is 0.496 e. The summed E-state index contributed by atoms with van der Waals surface area (Å²) in [4.78, 5) is 11.8. The zero-order valence-corrected chi connectivity index (χ0v) is 11.7. The van der Waals surface area contributed by atoms with Crippen LogP contribution in [0, 0.1) is 5.92 Å². The highest BCUT2D eigenvalue weighted by Gasteiger charge is 2.16. The summed E-state index contributed by atoms with van der Waals surface area (Å²) in [6, 6.07) is 7.79. The fourth-order valence-electron chi connectivity index (χ4n) is 2.77. The smallest absolute Gasteiger partial charge is 0.220 e. The lowest BCUT2D eigenvalue weighted by atomic mass is 10.0. The maximum Gasteiger partial charge on any atom is 0.220 e. The van der Waals surface area contributed by atoms with Gasteiger partial charge in [0.2, 0.25) is 5.91 Å². The van der Waals surface area contributed by atoms with E-state index in [0.29, 0.717) is 13.0 Å². The SMILES string of the molecule is COc1ccccc1CNC(=O)CCC1CCCC1. The molecule has 1 amide bonds. The number of methoxy groups -OCH3 is 1. The summed E-state index contributed by atoms with van der Waals surface area (Å²) in [7, 11) is 1.65. The van der Waals surface area contributed by atoms with E-state index in [2.05, 4.69) is 5.32 Å². The molecule has 0 saturated heterocycles. The maximum absolute atomic E-state index is 11.8. The molecule has 1 saturated carbocycles. The fourth-order valence-corrected chi connectivity index (χ4v) is 2.77. The van der Waals surface area contributed by atoms with Crippen molar-refractivity contribution in [2.24, 2.45) is 5.92 Å². The molecule has 3 nitrogen and oxygen atoms in total. The molecular weight excluding hydrogens is 238 g/mol. The van der Waals surface area contributed by atoms with Gasteiger partial charge in [0.1, 0.15) is 5.75 Å². The summed E-state index contributed by atoms with van der Waals surface area (Å²) in [5.41, 5.74) is 1.03. The van der Waals surface area contributed by atoms with Gasteiger partial charge >= 0.3 is 0 Å². The van der Waals surface area contributed by atoms with E-state index in [1.807, 2.05) is 24.3 Å². The molecule has 19 heavy (non-hydrogen) atoms. The predicted octanol–water partition coefficient (Wildman–Crippen LogP) is 3.28. The molecule has 0 radical (unpaired) electrons. The maximum atomic E-state index is 11.8. The molecule has 0 atom stereocenters. The molecular formula is C16H23NO2. The number of hydrogen-bond donors (Lipinski definition) is 1. The van der Waals surface area contributed by atoms with Gasteiger partial charge in [-0.15, -0.1) is 0 Å². The first-order valence-corrected chi connectivity index (χ1v) is 7.18. The summed E-state index contributed by atoms with van der Waals surface area (Å²) in [6.07, 6.45) is 6.98. The first-order valence-electron chi connectivity index (χ1n) is 7.18. The number of benzene rings is 1. The molecule has 1 N–H and O–H groups in total. The van der Waals surface area contributed by atoms with E-state index in [0.717, 1.165) is 23.7 Å². The van der Waals surface area contributed by atoms with Crippen molar-refractivity contribution in [3.8, 4) is 5.75 Å². The van der Waals surface area contributed by atoms with Crippen LogP contribution in [0.4, 0.5) is 0 Å². The van der Waals surface area contributed by atoms with E-state index in [4.69, 9.17) is 4.74 Å². The third-order valence-electron chi connectivity index (χ3n) is 3.92. The number of hydrogen-bond acceptors (Lipinski definition) is 2. The normalized spacial score (nSPS) is 15.4. The molecule has 0 spiro atoms. The second kappa shape index (κ2) is 7.17. The van der Waals surface area contributed by atoms with Gasteiger partial charge in [-0.2, -0.15) is 0 Å². The average molecular weight is 261 g/mol. The van der Waals surface area contributed by atoms with Crippen molar-refractivity contribution >= 4 is 5.91 Å². The minimum atomic E-state index is 0.151. The highest BCUT2D eigenvalue weighted by Crippen LogP contribution is 2.28. The summed E-state index contributed by atoms with van der Waals surface area (Å²) < 4.78 is 5.27. The third kappa shape index (κ3) is 4.27. The topological polar surface area (TPSA) is 38.3 Å². The second-order valence-corrected chi connectivity index (χ2v) is 5.28. The molecule has 0 bridgehead atoms. The summed E-state index contributed by atoms with van der Waals surface area (Å²) in [5, 5.41) is 2.98. The Kier molecular flexibility index (Phi) is 5.25. The van der Waals surface area contributed by atoms with Gasteiger partial charge in [0.25, 0.3) is 0 Å². The first kappa shape index (κ1) is 13.9. The van der Waals surface area contributed by atoms with Crippen molar-refractivity contribution in [1.82, 2.24) is 5.32 Å². The molecule has 1 fully saturated rings. The van der Waals surface area contributed by atoms with Gasteiger partial charge in [-0.05, 0) is 18.4 Å². The van der Waals surface area contributed by atoms with Gasteiger partial charge < -0.3 is 10.1 Å². The minimum Gasteiger partial charge on any atom is -0.496 e. The van der Waals surface area contributed by atoms with Crippen molar-refractivity contribution in [3.63, 3.8) is 0 Å². The number of para-hydroxylation sites is 1. The number of rotatable bonds is 6.